The Morgan fingerprint density at radius 2 is 1.38 bits per heavy atom. The van der Waals surface area contributed by atoms with Gasteiger partial charge in [0.25, 0.3) is 0 Å². The third-order valence-corrected chi connectivity index (χ3v) is 5.03. The predicted octanol–water partition coefficient (Wildman–Crippen LogP) is 4.93. The average Bonchev–Trinajstić information content (AvgIpc) is 2.74. The highest BCUT2D eigenvalue weighted by Gasteiger charge is 2.19. The number of aliphatic hydroxyl groups is 2. The molecule has 2 rings (SSSR count). The van der Waals surface area contributed by atoms with Gasteiger partial charge in [0.15, 0.2) is 0 Å². The smallest absolute Gasteiger partial charge is 0.123 e. The lowest BCUT2D eigenvalue weighted by atomic mass is 9.88. The van der Waals surface area contributed by atoms with Crippen molar-refractivity contribution in [3.63, 3.8) is 0 Å². The molecule has 0 spiro atoms. The van der Waals surface area contributed by atoms with Crippen molar-refractivity contribution in [3.8, 4) is 5.75 Å². The SMILES string of the molecule is CCCC(O)COCCC(c1ccccc1)c1ccccc1OCC(O)CCC. The van der Waals surface area contributed by atoms with Crippen LogP contribution in [0, 0.1) is 0 Å². The highest BCUT2D eigenvalue weighted by molar-refractivity contribution is 5.42. The van der Waals surface area contributed by atoms with E-state index in [4.69, 9.17) is 9.47 Å². The second kappa shape index (κ2) is 13.4. The molecule has 4 nitrogen and oxygen atoms in total. The Kier molecular flexibility index (Phi) is 10.8. The van der Waals surface area contributed by atoms with Gasteiger partial charge in [0.2, 0.25) is 0 Å². The summed E-state index contributed by atoms with van der Waals surface area (Å²) < 4.78 is 11.8. The van der Waals surface area contributed by atoms with E-state index in [2.05, 4.69) is 32.0 Å². The van der Waals surface area contributed by atoms with E-state index in [1.54, 1.807) is 0 Å². The Morgan fingerprint density at radius 3 is 2.07 bits per heavy atom. The van der Waals surface area contributed by atoms with E-state index in [-0.39, 0.29) is 5.92 Å². The summed E-state index contributed by atoms with van der Waals surface area (Å²) in [7, 11) is 0. The molecule has 0 saturated heterocycles. The van der Waals surface area contributed by atoms with Crippen LogP contribution < -0.4 is 4.74 Å². The van der Waals surface area contributed by atoms with E-state index in [0.717, 1.165) is 43.4 Å². The lowest BCUT2D eigenvalue weighted by molar-refractivity contribution is 0.0303. The molecule has 0 aliphatic carbocycles. The fourth-order valence-electron chi connectivity index (χ4n) is 3.53. The quantitative estimate of drug-likeness (QED) is 0.442. The second-order valence-electron chi connectivity index (χ2n) is 7.56. The van der Waals surface area contributed by atoms with Crippen LogP contribution >= 0.6 is 0 Å². The summed E-state index contributed by atoms with van der Waals surface area (Å²) in [6.07, 6.45) is 3.32. The third kappa shape index (κ3) is 8.17. The van der Waals surface area contributed by atoms with Gasteiger partial charge in [0, 0.05) is 18.1 Å². The van der Waals surface area contributed by atoms with Gasteiger partial charge >= 0.3 is 0 Å². The number of benzene rings is 2. The predicted molar refractivity (Wildman–Crippen MR) is 117 cm³/mol. The zero-order valence-electron chi connectivity index (χ0n) is 17.8. The van der Waals surface area contributed by atoms with Crippen molar-refractivity contribution in [3.05, 3.63) is 65.7 Å². The molecule has 0 radical (unpaired) electrons. The minimum absolute atomic E-state index is 0.124. The molecule has 0 aliphatic heterocycles. The maximum atomic E-state index is 10.1. The normalized spacial score (nSPS) is 14.3. The van der Waals surface area contributed by atoms with Gasteiger partial charge in [0.1, 0.15) is 12.4 Å². The molecule has 0 aliphatic rings. The van der Waals surface area contributed by atoms with Crippen LogP contribution in [0.15, 0.2) is 54.6 Å². The van der Waals surface area contributed by atoms with Crippen LogP contribution in [0.5, 0.6) is 5.75 Å². The number of para-hydroxylation sites is 1. The largest absolute Gasteiger partial charge is 0.491 e. The van der Waals surface area contributed by atoms with Crippen LogP contribution in [0.3, 0.4) is 0 Å². The molecule has 0 heterocycles. The molecular weight excluding hydrogens is 364 g/mol. The molecule has 3 unspecified atom stereocenters. The fourth-order valence-corrected chi connectivity index (χ4v) is 3.53. The monoisotopic (exact) mass is 400 g/mol. The number of ether oxygens (including phenoxy) is 2. The van der Waals surface area contributed by atoms with Crippen LogP contribution in [-0.2, 0) is 4.74 Å². The van der Waals surface area contributed by atoms with Gasteiger partial charge in [-0.15, -0.1) is 0 Å². The minimum Gasteiger partial charge on any atom is -0.491 e. The number of aliphatic hydroxyl groups excluding tert-OH is 2. The number of rotatable bonds is 14. The number of hydrogen-bond acceptors (Lipinski definition) is 4. The van der Waals surface area contributed by atoms with Crippen molar-refractivity contribution in [2.24, 2.45) is 0 Å². The summed E-state index contributed by atoms with van der Waals surface area (Å²) in [5, 5.41) is 19.9. The third-order valence-electron chi connectivity index (χ3n) is 5.03. The van der Waals surface area contributed by atoms with E-state index in [9.17, 15) is 10.2 Å². The fraction of sp³-hybridized carbons (Fsp3) is 0.520. The van der Waals surface area contributed by atoms with Gasteiger partial charge in [-0.25, -0.2) is 0 Å². The average molecular weight is 401 g/mol. The van der Waals surface area contributed by atoms with Crippen LogP contribution in [0.4, 0.5) is 0 Å². The van der Waals surface area contributed by atoms with Gasteiger partial charge in [0.05, 0.1) is 18.8 Å². The summed E-state index contributed by atoms with van der Waals surface area (Å²) in [5.41, 5.74) is 2.30. The minimum atomic E-state index is -0.452. The molecule has 29 heavy (non-hydrogen) atoms. The van der Waals surface area contributed by atoms with E-state index in [1.807, 2.05) is 36.4 Å². The molecule has 0 fully saturated rings. The zero-order valence-corrected chi connectivity index (χ0v) is 17.8. The van der Waals surface area contributed by atoms with Gasteiger partial charge in [-0.05, 0) is 30.9 Å². The molecule has 4 heteroatoms. The van der Waals surface area contributed by atoms with Crippen LogP contribution in [0.25, 0.3) is 0 Å². The Bertz CT molecular complexity index is 674. The Labute approximate surface area is 175 Å². The Balaban J connectivity index is 2.10. The van der Waals surface area contributed by atoms with Crippen LogP contribution in [0.2, 0.25) is 0 Å². The first-order chi connectivity index (χ1) is 14.2. The summed E-state index contributed by atoms with van der Waals surface area (Å²) in [6.45, 7) is 5.35. The highest BCUT2D eigenvalue weighted by atomic mass is 16.5. The van der Waals surface area contributed by atoms with Gasteiger partial charge in [-0.1, -0.05) is 75.2 Å². The number of hydrogen-bond donors (Lipinski definition) is 2. The molecule has 2 aromatic carbocycles. The van der Waals surface area contributed by atoms with Gasteiger partial charge in [-0.3, -0.25) is 0 Å². The van der Waals surface area contributed by atoms with Crippen LogP contribution in [-0.4, -0.2) is 42.2 Å². The second-order valence-corrected chi connectivity index (χ2v) is 7.56. The van der Waals surface area contributed by atoms with Crippen molar-refractivity contribution in [1.29, 1.82) is 0 Å². The van der Waals surface area contributed by atoms with Crippen molar-refractivity contribution in [1.82, 2.24) is 0 Å². The van der Waals surface area contributed by atoms with Crippen molar-refractivity contribution >= 4 is 0 Å². The summed E-state index contributed by atoms with van der Waals surface area (Å²) in [5.74, 6) is 0.932. The lowest BCUT2D eigenvalue weighted by Gasteiger charge is -2.22. The molecule has 2 aromatic rings. The standard InChI is InChI=1S/C25H36O4/c1-3-10-21(26)18-28-17-16-23(20-12-6-5-7-13-20)24-14-8-9-15-25(24)29-19-22(27)11-4-2/h5-9,12-15,21-23,26-27H,3-4,10-11,16-19H2,1-2H3. The Morgan fingerprint density at radius 1 is 0.759 bits per heavy atom. The maximum Gasteiger partial charge on any atom is 0.123 e. The van der Waals surface area contributed by atoms with E-state index in [1.165, 1.54) is 5.56 Å². The molecular formula is C25H36O4. The van der Waals surface area contributed by atoms with Crippen molar-refractivity contribution < 1.29 is 19.7 Å². The molecule has 0 aromatic heterocycles. The molecule has 0 amide bonds. The molecule has 3 atom stereocenters. The first kappa shape index (κ1) is 23.4. The topological polar surface area (TPSA) is 58.9 Å². The Hall–Kier alpha value is -1.88. The highest BCUT2D eigenvalue weighted by Crippen LogP contribution is 2.34. The van der Waals surface area contributed by atoms with Crippen molar-refractivity contribution in [2.75, 3.05) is 19.8 Å². The molecule has 0 saturated carbocycles. The first-order valence-corrected chi connectivity index (χ1v) is 10.9. The van der Waals surface area contributed by atoms with E-state index in [0.29, 0.717) is 19.8 Å². The summed E-state index contributed by atoms with van der Waals surface area (Å²) in [6, 6.07) is 18.4. The van der Waals surface area contributed by atoms with Gasteiger partial charge < -0.3 is 19.7 Å². The molecule has 0 bridgehead atoms. The maximum absolute atomic E-state index is 10.1. The van der Waals surface area contributed by atoms with E-state index < -0.39 is 12.2 Å². The summed E-state index contributed by atoms with van der Waals surface area (Å²) >= 11 is 0. The lowest BCUT2D eigenvalue weighted by Crippen LogP contribution is -2.18. The van der Waals surface area contributed by atoms with Gasteiger partial charge in [-0.2, -0.15) is 0 Å². The van der Waals surface area contributed by atoms with Crippen LogP contribution in [0.1, 0.15) is 63.0 Å². The molecule has 2 N–H and O–H groups in total. The molecule has 160 valence electrons. The van der Waals surface area contributed by atoms with Crippen molar-refractivity contribution in [2.45, 2.75) is 64.1 Å². The first-order valence-electron chi connectivity index (χ1n) is 10.9. The van der Waals surface area contributed by atoms with E-state index >= 15 is 0 Å². The summed E-state index contributed by atoms with van der Waals surface area (Å²) in [4.78, 5) is 0. The zero-order chi connectivity index (χ0) is 20.9.